The van der Waals surface area contributed by atoms with E-state index >= 15 is 0 Å². The minimum atomic E-state index is -0.650. The normalized spacial score (nSPS) is 18.4. The molecule has 1 aromatic carbocycles. The van der Waals surface area contributed by atoms with Crippen molar-refractivity contribution in [2.45, 2.75) is 45.6 Å². The number of urea groups is 1. The molecule has 7 heteroatoms. The SMILES string of the molecule is C=CCOc1ccc(-n2c(C)cc(/C=C3\C(=O)NC(=O)N(C4CCCC4)C3=O)c2C)cc1. The van der Waals surface area contributed by atoms with Crippen molar-refractivity contribution in [2.75, 3.05) is 6.61 Å². The number of aryl methyl sites for hydroxylation is 1. The Hall–Kier alpha value is -3.61. The number of nitrogens with one attached hydrogen (secondary N) is 1. The van der Waals surface area contributed by atoms with Gasteiger partial charge >= 0.3 is 6.03 Å². The highest BCUT2D eigenvalue weighted by Gasteiger charge is 2.40. The van der Waals surface area contributed by atoms with E-state index in [2.05, 4.69) is 16.5 Å². The van der Waals surface area contributed by atoms with Gasteiger partial charge in [-0.1, -0.05) is 25.5 Å². The van der Waals surface area contributed by atoms with Gasteiger partial charge in [-0.05, 0) is 68.7 Å². The molecule has 166 valence electrons. The van der Waals surface area contributed by atoms with E-state index in [1.165, 1.54) is 4.90 Å². The third kappa shape index (κ3) is 3.98. The van der Waals surface area contributed by atoms with E-state index in [1.807, 2.05) is 44.2 Å². The van der Waals surface area contributed by atoms with Crippen LogP contribution in [0.4, 0.5) is 4.79 Å². The molecule has 32 heavy (non-hydrogen) atoms. The standard InChI is InChI=1S/C25H27N3O4/c1-4-13-32-21-11-9-20(10-12-21)27-16(2)14-18(17(27)3)15-22-23(29)26-25(31)28(24(22)30)19-7-5-6-8-19/h4,9-12,14-15,19H,1,5-8,13H2,2-3H3,(H,26,29,31)/b22-15+. The van der Waals surface area contributed by atoms with E-state index in [0.29, 0.717) is 6.61 Å². The first kappa shape index (κ1) is 21.6. The van der Waals surface area contributed by atoms with Crippen molar-refractivity contribution in [3.63, 3.8) is 0 Å². The zero-order valence-corrected chi connectivity index (χ0v) is 18.4. The first-order valence-electron chi connectivity index (χ1n) is 10.8. The van der Waals surface area contributed by atoms with Crippen LogP contribution in [-0.2, 0) is 9.59 Å². The van der Waals surface area contributed by atoms with Gasteiger partial charge in [-0.2, -0.15) is 0 Å². The van der Waals surface area contributed by atoms with Crippen LogP contribution >= 0.6 is 0 Å². The number of carbonyl (C=O) groups excluding carboxylic acids is 3. The summed E-state index contributed by atoms with van der Waals surface area (Å²) in [6.45, 7) is 7.99. The van der Waals surface area contributed by atoms with Gasteiger partial charge < -0.3 is 9.30 Å². The van der Waals surface area contributed by atoms with Crippen LogP contribution in [0.25, 0.3) is 11.8 Å². The van der Waals surface area contributed by atoms with E-state index in [0.717, 1.165) is 54.1 Å². The Labute approximate surface area is 187 Å². The minimum Gasteiger partial charge on any atom is -0.490 e. The third-order valence-corrected chi connectivity index (χ3v) is 6.06. The van der Waals surface area contributed by atoms with Crippen LogP contribution in [0.3, 0.4) is 0 Å². The molecule has 1 aromatic heterocycles. The lowest BCUT2D eigenvalue weighted by molar-refractivity contribution is -0.131. The summed E-state index contributed by atoms with van der Waals surface area (Å²) in [5.74, 6) is -0.415. The van der Waals surface area contributed by atoms with Crippen molar-refractivity contribution in [2.24, 2.45) is 0 Å². The number of ether oxygens (including phenoxy) is 1. The van der Waals surface area contributed by atoms with Gasteiger partial charge in [-0.15, -0.1) is 0 Å². The molecule has 2 fully saturated rings. The van der Waals surface area contributed by atoms with Gasteiger partial charge in [0.1, 0.15) is 17.9 Å². The monoisotopic (exact) mass is 433 g/mol. The number of imide groups is 2. The predicted molar refractivity (Wildman–Crippen MR) is 122 cm³/mol. The maximum absolute atomic E-state index is 13.1. The summed E-state index contributed by atoms with van der Waals surface area (Å²) in [5.41, 5.74) is 3.54. The average Bonchev–Trinajstić information content (AvgIpc) is 3.38. The van der Waals surface area contributed by atoms with Crippen LogP contribution in [0, 0.1) is 13.8 Å². The number of aromatic nitrogens is 1. The van der Waals surface area contributed by atoms with E-state index in [1.54, 1.807) is 12.2 Å². The Bertz CT molecular complexity index is 1100. The fraction of sp³-hybridized carbons (Fsp3) is 0.320. The highest BCUT2D eigenvalue weighted by molar-refractivity contribution is 6.31. The molecule has 4 amide bonds. The largest absolute Gasteiger partial charge is 0.490 e. The van der Waals surface area contributed by atoms with Crippen LogP contribution in [0.5, 0.6) is 5.75 Å². The van der Waals surface area contributed by atoms with Gasteiger partial charge in [-0.3, -0.25) is 19.8 Å². The highest BCUT2D eigenvalue weighted by Crippen LogP contribution is 2.29. The summed E-state index contributed by atoms with van der Waals surface area (Å²) < 4.78 is 7.60. The molecule has 0 unspecified atom stereocenters. The summed E-state index contributed by atoms with van der Waals surface area (Å²) in [4.78, 5) is 39.1. The number of barbiturate groups is 1. The van der Waals surface area contributed by atoms with Gasteiger partial charge in [0, 0.05) is 23.1 Å². The molecule has 1 aliphatic carbocycles. The van der Waals surface area contributed by atoms with Crippen LogP contribution in [0.1, 0.15) is 42.6 Å². The number of nitrogens with zero attached hydrogens (tertiary/aromatic N) is 2. The van der Waals surface area contributed by atoms with Gasteiger partial charge in [0.25, 0.3) is 11.8 Å². The first-order chi connectivity index (χ1) is 15.4. The fourth-order valence-electron chi connectivity index (χ4n) is 4.50. The van der Waals surface area contributed by atoms with E-state index in [9.17, 15) is 14.4 Å². The van der Waals surface area contributed by atoms with Crippen molar-refractivity contribution < 1.29 is 19.1 Å². The summed E-state index contributed by atoms with van der Waals surface area (Å²) in [5, 5.41) is 2.33. The summed E-state index contributed by atoms with van der Waals surface area (Å²) in [6, 6.07) is 8.85. The van der Waals surface area contributed by atoms with Crippen LogP contribution in [-0.4, -0.2) is 40.0 Å². The Morgan fingerprint density at radius 1 is 1.12 bits per heavy atom. The molecule has 1 aliphatic heterocycles. The summed E-state index contributed by atoms with van der Waals surface area (Å²) in [6.07, 6.45) is 6.80. The molecule has 7 nitrogen and oxygen atoms in total. The average molecular weight is 434 g/mol. The summed E-state index contributed by atoms with van der Waals surface area (Å²) >= 11 is 0. The lowest BCUT2D eigenvalue weighted by atomic mass is 10.1. The van der Waals surface area contributed by atoms with Gasteiger partial charge in [0.2, 0.25) is 0 Å². The van der Waals surface area contributed by atoms with Crippen LogP contribution in [0.2, 0.25) is 0 Å². The number of rotatable bonds is 6. The topological polar surface area (TPSA) is 80.6 Å². The van der Waals surface area contributed by atoms with Crippen molar-refractivity contribution in [1.82, 2.24) is 14.8 Å². The fourth-order valence-corrected chi connectivity index (χ4v) is 4.50. The Kier molecular flexibility index (Phi) is 5.99. The number of benzene rings is 1. The molecular formula is C25H27N3O4. The van der Waals surface area contributed by atoms with Crippen LogP contribution < -0.4 is 10.1 Å². The zero-order chi connectivity index (χ0) is 22.8. The van der Waals surface area contributed by atoms with Crippen molar-refractivity contribution in [1.29, 1.82) is 0 Å². The first-order valence-corrected chi connectivity index (χ1v) is 10.8. The number of carbonyl (C=O) groups is 3. The molecule has 0 spiro atoms. The summed E-state index contributed by atoms with van der Waals surface area (Å²) in [7, 11) is 0. The second-order valence-electron chi connectivity index (χ2n) is 8.19. The number of hydrogen-bond acceptors (Lipinski definition) is 4. The Morgan fingerprint density at radius 2 is 1.81 bits per heavy atom. The van der Waals surface area contributed by atoms with Crippen molar-refractivity contribution >= 4 is 23.9 Å². The lowest BCUT2D eigenvalue weighted by Crippen LogP contribution is -2.57. The molecule has 2 aliphatic rings. The highest BCUT2D eigenvalue weighted by atomic mass is 16.5. The molecule has 1 saturated carbocycles. The van der Waals surface area contributed by atoms with Crippen molar-refractivity contribution in [3.8, 4) is 11.4 Å². The molecule has 1 N–H and O–H groups in total. The molecule has 2 aromatic rings. The molecule has 2 heterocycles. The van der Waals surface area contributed by atoms with E-state index < -0.39 is 17.8 Å². The predicted octanol–water partition coefficient (Wildman–Crippen LogP) is 4.06. The molecule has 0 bridgehead atoms. The second kappa shape index (κ2) is 8.86. The minimum absolute atomic E-state index is 0.00933. The zero-order valence-electron chi connectivity index (χ0n) is 18.4. The number of hydrogen-bond donors (Lipinski definition) is 1. The Balaban J connectivity index is 1.65. The molecular weight excluding hydrogens is 406 g/mol. The van der Waals surface area contributed by atoms with Gasteiger partial charge in [0.05, 0.1) is 0 Å². The smallest absolute Gasteiger partial charge is 0.331 e. The molecule has 0 atom stereocenters. The van der Waals surface area contributed by atoms with E-state index in [4.69, 9.17) is 4.74 Å². The van der Waals surface area contributed by atoms with Gasteiger partial charge in [0.15, 0.2) is 0 Å². The Morgan fingerprint density at radius 3 is 2.47 bits per heavy atom. The second-order valence-corrected chi connectivity index (χ2v) is 8.19. The van der Waals surface area contributed by atoms with E-state index in [-0.39, 0.29) is 11.6 Å². The molecule has 4 rings (SSSR count). The van der Waals surface area contributed by atoms with Gasteiger partial charge in [-0.25, -0.2) is 4.79 Å². The quantitative estimate of drug-likeness (QED) is 0.423. The number of amides is 4. The maximum atomic E-state index is 13.1. The van der Waals surface area contributed by atoms with Crippen LogP contribution in [0.15, 0.2) is 48.6 Å². The molecule has 1 saturated heterocycles. The lowest BCUT2D eigenvalue weighted by Gasteiger charge is -2.31. The third-order valence-electron chi connectivity index (χ3n) is 6.06. The molecule has 0 radical (unpaired) electrons. The maximum Gasteiger partial charge on any atom is 0.331 e. The van der Waals surface area contributed by atoms with Crippen molar-refractivity contribution in [3.05, 3.63) is 65.5 Å².